The standard InChI is InChI=1S/C20H21N3O5/c1-27-15-9-7-14(8-10-15)23-12-11-22(19(25)20(23)26)13-18(24)21-16-5-3-4-6-17(16)28-2/h3-10H,11-13H2,1-2H3,(H,21,24). The van der Waals surface area contributed by atoms with Crippen molar-refractivity contribution in [1.82, 2.24) is 4.90 Å². The van der Waals surface area contributed by atoms with Gasteiger partial charge in [-0.2, -0.15) is 0 Å². The normalized spacial score (nSPS) is 14.1. The third kappa shape index (κ3) is 4.06. The summed E-state index contributed by atoms with van der Waals surface area (Å²) in [6.07, 6.45) is 0. The zero-order chi connectivity index (χ0) is 20.1. The molecule has 1 saturated heterocycles. The first kappa shape index (κ1) is 19.2. The number of amides is 3. The topological polar surface area (TPSA) is 88.2 Å². The first-order valence-electron chi connectivity index (χ1n) is 8.71. The molecule has 0 saturated carbocycles. The highest BCUT2D eigenvalue weighted by atomic mass is 16.5. The van der Waals surface area contributed by atoms with E-state index in [1.807, 2.05) is 0 Å². The number of methoxy groups -OCH3 is 2. The van der Waals surface area contributed by atoms with Crippen LogP contribution in [0.2, 0.25) is 0 Å². The van der Waals surface area contributed by atoms with Gasteiger partial charge in [0.15, 0.2) is 0 Å². The molecule has 146 valence electrons. The Hall–Kier alpha value is -3.55. The van der Waals surface area contributed by atoms with E-state index < -0.39 is 17.7 Å². The van der Waals surface area contributed by atoms with Crippen molar-refractivity contribution in [1.29, 1.82) is 0 Å². The van der Waals surface area contributed by atoms with Crippen LogP contribution in [0, 0.1) is 0 Å². The Bertz CT molecular complexity index is 882. The summed E-state index contributed by atoms with van der Waals surface area (Å²) in [5, 5.41) is 2.70. The van der Waals surface area contributed by atoms with Gasteiger partial charge >= 0.3 is 11.8 Å². The Balaban J connectivity index is 1.63. The molecule has 0 unspecified atom stereocenters. The molecule has 3 amide bonds. The van der Waals surface area contributed by atoms with Crippen molar-refractivity contribution in [2.24, 2.45) is 0 Å². The second-order valence-corrected chi connectivity index (χ2v) is 6.13. The van der Waals surface area contributed by atoms with E-state index in [9.17, 15) is 14.4 Å². The van der Waals surface area contributed by atoms with Crippen LogP contribution in [0.4, 0.5) is 11.4 Å². The first-order valence-corrected chi connectivity index (χ1v) is 8.71. The molecular weight excluding hydrogens is 362 g/mol. The predicted molar refractivity (Wildman–Crippen MR) is 104 cm³/mol. The van der Waals surface area contributed by atoms with Gasteiger partial charge in [0.25, 0.3) is 0 Å². The highest BCUT2D eigenvalue weighted by molar-refractivity contribution is 6.41. The van der Waals surface area contributed by atoms with Gasteiger partial charge in [0.05, 0.1) is 19.9 Å². The number of para-hydroxylation sites is 2. The zero-order valence-electron chi connectivity index (χ0n) is 15.7. The molecule has 2 aromatic rings. The highest BCUT2D eigenvalue weighted by Gasteiger charge is 2.34. The van der Waals surface area contributed by atoms with Gasteiger partial charge in [0.1, 0.15) is 18.0 Å². The van der Waals surface area contributed by atoms with Gasteiger partial charge in [-0.3, -0.25) is 14.4 Å². The maximum absolute atomic E-state index is 12.5. The van der Waals surface area contributed by atoms with Crippen LogP contribution in [0.25, 0.3) is 0 Å². The van der Waals surface area contributed by atoms with Crippen molar-refractivity contribution >= 4 is 29.1 Å². The second kappa shape index (κ2) is 8.43. The number of hydrogen-bond donors (Lipinski definition) is 1. The number of piperazine rings is 1. The third-order valence-electron chi connectivity index (χ3n) is 4.41. The third-order valence-corrected chi connectivity index (χ3v) is 4.41. The van der Waals surface area contributed by atoms with Gasteiger partial charge in [-0.15, -0.1) is 0 Å². The van der Waals surface area contributed by atoms with Crippen molar-refractivity contribution in [2.45, 2.75) is 0 Å². The van der Waals surface area contributed by atoms with Gasteiger partial charge in [-0.1, -0.05) is 12.1 Å². The maximum Gasteiger partial charge on any atom is 0.316 e. The molecule has 1 aliphatic heterocycles. The molecule has 1 fully saturated rings. The molecule has 0 aliphatic carbocycles. The van der Waals surface area contributed by atoms with E-state index in [-0.39, 0.29) is 13.1 Å². The summed E-state index contributed by atoms with van der Waals surface area (Å²) in [7, 11) is 3.06. The number of carbonyl (C=O) groups excluding carboxylic acids is 3. The molecule has 1 aliphatic rings. The Kier molecular flexibility index (Phi) is 5.78. The molecule has 0 atom stereocenters. The quantitative estimate of drug-likeness (QED) is 0.764. The average molecular weight is 383 g/mol. The van der Waals surface area contributed by atoms with Gasteiger partial charge in [-0.25, -0.2) is 0 Å². The maximum atomic E-state index is 12.5. The van der Waals surface area contributed by atoms with Crippen LogP contribution >= 0.6 is 0 Å². The lowest BCUT2D eigenvalue weighted by atomic mass is 10.2. The van der Waals surface area contributed by atoms with Crippen LogP contribution in [-0.2, 0) is 14.4 Å². The largest absolute Gasteiger partial charge is 0.497 e. The molecule has 0 bridgehead atoms. The van der Waals surface area contributed by atoms with Crippen LogP contribution in [0.3, 0.4) is 0 Å². The first-order chi connectivity index (χ1) is 13.5. The van der Waals surface area contributed by atoms with Crippen molar-refractivity contribution in [2.75, 3.05) is 44.1 Å². The van der Waals surface area contributed by atoms with Crippen LogP contribution in [0.5, 0.6) is 11.5 Å². The molecule has 8 heteroatoms. The van der Waals surface area contributed by atoms with Crippen molar-refractivity contribution < 1.29 is 23.9 Å². The van der Waals surface area contributed by atoms with Gasteiger partial charge < -0.3 is 24.6 Å². The monoisotopic (exact) mass is 383 g/mol. The lowest BCUT2D eigenvalue weighted by Crippen LogP contribution is -2.56. The van der Waals surface area contributed by atoms with Crippen LogP contribution < -0.4 is 19.7 Å². The van der Waals surface area contributed by atoms with E-state index >= 15 is 0 Å². The van der Waals surface area contributed by atoms with Crippen molar-refractivity contribution in [3.63, 3.8) is 0 Å². The van der Waals surface area contributed by atoms with E-state index in [0.717, 1.165) is 0 Å². The summed E-state index contributed by atoms with van der Waals surface area (Å²) in [5.41, 5.74) is 1.11. The molecule has 0 spiro atoms. The van der Waals surface area contributed by atoms with Crippen LogP contribution in [0.1, 0.15) is 0 Å². The molecule has 1 N–H and O–H groups in total. The SMILES string of the molecule is COc1ccc(N2CCN(CC(=O)Nc3ccccc3OC)C(=O)C2=O)cc1. The van der Waals surface area contributed by atoms with E-state index in [2.05, 4.69) is 5.32 Å². The van der Waals surface area contributed by atoms with Crippen molar-refractivity contribution in [3.05, 3.63) is 48.5 Å². The lowest BCUT2D eigenvalue weighted by molar-refractivity contribution is -0.147. The molecule has 3 rings (SSSR count). The molecular formula is C20H21N3O5. The minimum atomic E-state index is -0.711. The Morgan fingerprint density at radius 1 is 0.964 bits per heavy atom. The fourth-order valence-corrected chi connectivity index (χ4v) is 2.94. The van der Waals surface area contributed by atoms with Crippen LogP contribution in [0.15, 0.2) is 48.5 Å². The molecule has 1 heterocycles. The zero-order valence-corrected chi connectivity index (χ0v) is 15.7. The van der Waals surface area contributed by atoms with E-state index in [1.165, 1.54) is 16.9 Å². The predicted octanol–water partition coefficient (Wildman–Crippen LogP) is 1.52. The number of rotatable bonds is 6. The van der Waals surface area contributed by atoms with E-state index in [4.69, 9.17) is 9.47 Å². The van der Waals surface area contributed by atoms with Crippen LogP contribution in [-0.4, -0.2) is 56.5 Å². The number of nitrogens with zero attached hydrogens (tertiary/aromatic N) is 2. The highest BCUT2D eigenvalue weighted by Crippen LogP contribution is 2.24. The number of nitrogens with one attached hydrogen (secondary N) is 1. The summed E-state index contributed by atoms with van der Waals surface area (Å²) in [6, 6.07) is 13.8. The minimum Gasteiger partial charge on any atom is -0.497 e. The van der Waals surface area contributed by atoms with E-state index in [1.54, 1.807) is 55.6 Å². The lowest BCUT2D eigenvalue weighted by Gasteiger charge is -2.33. The average Bonchev–Trinajstić information content (AvgIpc) is 2.72. The molecule has 0 aromatic heterocycles. The van der Waals surface area contributed by atoms with E-state index in [0.29, 0.717) is 29.4 Å². The van der Waals surface area contributed by atoms with Gasteiger partial charge in [-0.05, 0) is 36.4 Å². The second-order valence-electron chi connectivity index (χ2n) is 6.13. The summed E-state index contributed by atoms with van der Waals surface area (Å²) >= 11 is 0. The fourth-order valence-electron chi connectivity index (χ4n) is 2.94. The minimum absolute atomic E-state index is 0.209. The van der Waals surface area contributed by atoms with Gasteiger partial charge in [0.2, 0.25) is 5.91 Å². The number of ether oxygens (including phenoxy) is 2. The smallest absolute Gasteiger partial charge is 0.316 e. The molecule has 28 heavy (non-hydrogen) atoms. The van der Waals surface area contributed by atoms with Gasteiger partial charge in [0, 0.05) is 18.8 Å². The van der Waals surface area contributed by atoms with Crippen molar-refractivity contribution in [3.8, 4) is 11.5 Å². The number of benzene rings is 2. The number of anilines is 2. The molecule has 8 nitrogen and oxygen atoms in total. The Morgan fingerprint density at radius 3 is 2.36 bits per heavy atom. The number of hydrogen-bond acceptors (Lipinski definition) is 5. The fraction of sp³-hybridized carbons (Fsp3) is 0.250. The summed E-state index contributed by atoms with van der Waals surface area (Å²) in [4.78, 5) is 39.9. The molecule has 0 radical (unpaired) electrons. The summed E-state index contributed by atoms with van der Waals surface area (Å²) in [6.45, 7) is 0.355. The Morgan fingerprint density at radius 2 is 1.68 bits per heavy atom. The molecule has 2 aromatic carbocycles. The summed E-state index contributed by atoms with van der Waals surface area (Å²) in [5.74, 6) is -0.598. The number of carbonyl (C=O) groups is 3. The summed E-state index contributed by atoms with van der Waals surface area (Å²) < 4.78 is 10.3. The Labute approximate surface area is 162 Å².